The van der Waals surface area contributed by atoms with Crippen LogP contribution in [0.25, 0.3) is 0 Å². The molecular weight excluding hydrogens is 316 g/mol. The molecule has 0 radical (unpaired) electrons. The normalized spacial score (nSPS) is 11.9. The molecule has 0 bridgehead atoms. The first-order valence-electron chi connectivity index (χ1n) is 6.42. The molecule has 1 atom stereocenters. The largest absolute Gasteiger partial charge is 0.326 e. The molecule has 2 rings (SSSR count). The molecule has 0 aliphatic rings. The number of anilines is 1. The third-order valence-electron chi connectivity index (χ3n) is 2.96. The lowest BCUT2D eigenvalue weighted by molar-refractivity contribution is -0.116. The summed E-state index contributed by atoms with van der Waals surface area (Å²) in [7, 11) is 0. The predicted octanol–water partition coefficient (Wildman–Crippen LogP) is 3.79. The van der Waals surface area contributed by atoms with Crippen molar-refractivity contribution in [3.05, 3.63) is 64.1 Å². The van der Waals surface area contributed by atoms with E-state index in [-0.39, 0.29) is 18.4 Å². The summed E-state index contributed by atoms with van der Waals surface area (Å²) in [6, 6.07) is 15.1. The minimum Gasteiger partial charge on any atom is -0.326 e. The maximum Gasteiger partial charge on any atom is 0.226 e. The first-order chi connectivity index (χ1) is 9.54. The van der Waals surface area contributed by atoms with Crippen molar-refractivity contribution in [1.29, 1.82) is 0 Å². The summed E-state index contributed by atoms with van der Waals surface area (Å²) < 4.78 is 0.945. The van der Waals surface area contributed by atoms with Gasteiger partial charge in [0.05, 0.1) is 0 Å². The molecule has 3 nitrogen and oxygen atoms in total. The van der Waals surface area contributed by atoms with E-state index in [1.54, 1.807) is 0 Å². The van der Waals surface area contributed by atoms with Crippen LogP contribution in [0, 0.1) is 6.92 Å². The Hall–Kier alpha value is -1.65. The molecule has 1 amide bonds. The van der Waals surface area contributed by atoms with Crippen molar-refractivity contribution in [1.82, 2.24) is 0 Å². The number of aryl methyl sites for hydroxylation is 1. The molecule has 0 fully saturated rings. The summed E-state index contributed by atoms with van der Waals surface area (Å²) in [6.45, 7) is 1.98. The minimum atomic E-state index is -0.288. The highest BCUT2D eigenvalue weighted by atomic mass is 79.9. The van der Waals surface area contributed by atoms with Crippen LogP contribution in [0.15, 0.2) is 53.0 Å². The molecule has 0 heterocycles. The molecular formula is C16H17BrN2O. The number of carbonyl (C=O) groups is 1. The molecule has 0 saturated carbocycles. The molecule has 3 N–H and O–H groups in total. The highest BCUT2D eigenvalue weighted by molar-refractivity contribution is 9.10. The number of carbonyl (C=O) groups excluding carboxylic acids is 1. The van der Waals surface area contributed by atoms with E-state index in [9.17, 15) is 4.79 Å². The van der Waals surface area contributed by atoms with E-state index in [0.29, 0.717) is 0 Å². The Labute approximate surface area is 127 Å². The summed E-state index contributed by atoms with van der Waals surface area (Å²) in [5, 5.41) is 2.88. The molecule has 0 spiro atoms. The second kappa shape index (κ2) is 6.68. The van der Waals surface area contributed by atoms with Gasteiger partial charge in [0.2, 0.25) is 5.91 Å². The van der Waals surface area contributed by atoms with Crippen molar-refractivity contribution in [2.75, 3.05) is 5.32 Å². The van der Waals surface area contributed by atoms with E-state index in [4.69, 9.17) is 5.73 Å². The van der Waals surface area contributed by atoms with Crippen LogP contribution in [0.3, 0.4) is 0 Å². The monoisotopic (exact) mass is 332 g/mol. The van der Waals surface area contributed by atoms with Crippen LogP contribution in [-0.4, -0.2) is 5.91 Å². The second-order valence-electron chi connectivity index (χ2n) is 4.79. The van der Waals surface area contributed by atoms with E-state index in [2.05, 4.69) is 21.2 Å². The van der Waals surface area contributed by atoms with Gasteiger partial charge in [0.1, 0.15) is 0 Å². The van der Waals surface area contributed by atoms with Crippen LogP contribution < -0.4 is 11.1 Å². The second-order valence-corrected chi connectivity index (χ2v) is 5.70. The van der Waals surface area contributed by atoms with Gasteiger partial charge >= 0.3 is 0 Å². The van der Waals surface area contributed by atoms with Gasteiger partial charge in [-0.05, 0) is 36.2 Å². The van der Waals surface area contributed by atoms with Crippen LogP contribution in [0.4, 0.5) is 5.69 Å². The van der Waals surface area contributed by atoms with Gasteiger partial charge in [0.15, 0.2) is 0 Å². The summed E-state index contributed by atoms with van der Waals surface area (Å²) in [5.41, 5.74) is 8.87. The highest BCUT2D eigenvalue weighted by Crippen LogP contribution is 2.20. The molecule has 0 aromatic heterocycles. The molecule has 0 aliphatic carbocycles. The van der Waals surface area contributed by atoms with Crippen molar-refractivity contribution >= 4 is 27.5 Å². The van der Waals surface area contributed by atoms with Crippen molar-refractivity contribution < 1.29 is 4.79 Å². The standard InChI is InChI=1S/C16H17BrN2O/c1-11-7-13(17)9-14(8-11)19-16(20)10-15(18)12-5-3-2-4-6-12/h2-9,15H,10,18H2,1H3,(H,19,20). The molecule has 1 unspecified atom stereocenters. The highest BCUT2D eigenvalue weighted by Gasteiger charge is 2.11. The quantitative estimate of drug-likeness (QED) is 0.894. The van der Waals surface area contributed by atoms with Gasteiger partial charge in [-0.25, -0.2) is 0 Å². The van der Waals surface area contributed by atoms with E-state index >= 15 is 0 Å². The fraction of sp³-hybridized carbons (Fsp3) is 0.188. The number of nitrogens with two attached hydrogens (primary N) is 1. The number of hydrogen-bond acceptors (Lipinski definition) is 2. The van der Waals surface area contributed by atoms with Gasteiger partial charge in [0, 0.05) is 22.6 Å². The van der Waals surface area contributed by atoms with E-state index < -0.39 is 0 Å². The van der Waals surface area contributed by atoms with Crippen LogP contribution >= 0.6 is 15.9 Å². The van der Waals surface area contributed by atoms with Crippen molar-refractivity contribution in [3.8, 4) is 0 Å². The van der Waals surface area contributed by atoms with Crippen LogP contribution in [0.1, 0.15) is 23.6 Å². The fourth-order valence-corrected chi connectivity index (χ4v) is 2.65. The zero-order chi connectivity index (χ0) is 14.5. The minimum absolute atomic E-state index is 0.0844. The summed E-state index contributed by atoms with van der Waals surface area (Å²) >= 11 is 3.41. The summed E-state index contributed by atoms with van der Waals surface area (Å²) in [5.74, 6) is -0.0844. The van der Waals surface area contributed by atoms with Crippen LogP contribution in [-0.2, 0) is 4.79 Å². The third-order valence-corrected chi connectivity index (χ3v) is 3.42. The first kappa shape index (κ1) is 14.8. The Morgan fingerprint density at radius 3 is 2.60 bits per heavy atom. The molecule has 4 heteroatoms. The van der Waals surface area contributed by atoms with Gasteiger partial charge < -0.3 is 11.1 Å². The predicted molar refractivity (Wildman–Crippen MR) is 85.5 cm³/mol. The zero-order valence-corrected chi connectivity index (χ0v) is 12.9. The molecule has 2 aromatic carbocycles. The summed E-state index contributed by atoms with van der Waals surface area (Å²) in [6.07, 6.45) is 0.259. The SMILES string of the molecule is Cc1cc(Br)cc(NC(=O)CC(N)c2ccccc2)c1. The lowest BCUT2D eigenvalue weighted by Gasteiger charge is -2.12. The number of halogens is 1. The van der Waals surface area contributed by atoms with Gasteiger partial charge in [0.25, 0.3) is 0 Å². The van der Waals surface area contributed by atoms with Gasteiger partial charge in [-0.1, -0.05) is 46.3 Å². The van der Waals surface area contributed by atoms with Crippen molar-refractivity contribution in [3.63, 3.8) is 0 Å². The molecule has 104 valence electrons. The number of rotatable bonds is 4. The molecule has 0 saturated heterocycles. The Kier molecular flexibility index (Phi) is 4.93. The molecule has 2 aromatic rings. The Bertz CT molecular complexity index is 578. The maximum absolute atomic E-state index is 12.0. The number of benzene rings is 2. The summed E-state index contributed by atoms with van der Waals surface area (Å²) in [4.78, 5) is 12.0. The number of amides is 1. The van der Waals surface area contributed by atoms with Gasteiger partial charge in [-0.2, -0.15) is 0 Å². The van der Waals surface area contributed by atoms with Gasteiger partial charge in [-0.3, -0.25) is 4.79 Å². The Morgan fingerprint density at radius 1 is 1.25 bits per heavy atom. The van der Waals surface area contributed by atoms with Crippen LogP contribution in [0.5, 0.6) is 0 Å². The first-order valence-corrected chi connectivity index (χ1v) is 7.21. The topological polar surface area (TPSA) is 55.1 Å². The fourth-order valence-electron chi connectivity index (χ4n) is 2.04. The number of hydrogen-bond donors (Lipinski definition) is 2. The maximum atomic E-state index is 12.0. The van der Waals surface area contributed by atoms with E-state index in [0.717, 1.165) is 21.3 Å². The third kappa shape index (κ3) is 4.18. The zero-order valence-electron chi connectivity index (χ0n) is 11.3. The van der Waals surface area contributed by atoms with E-state index in [1.807, 2.05) is 55.5 Å². The number of nitrogens with one attached hydrogen (secondary N) is 1. The average molecular weight is 333 g/mol. The average Bonchev–Trinajstić information content (AvgIpc) is 2.38. The Morgan fingerprint density at radius 2 is 1.95 bits per heavy atom. The van der Waals surface area contributed by atoms with Crippen LogP contribution in [0.2, 0.25) is 0 Å². The van der Waals surface area contributed by atoms with Crippen molar-refractivity contribution in [2.24, 2.45) is 5.73 Å². The Balaban J connectivity index is 1.99. The molecule has 20 heavy (non-hydrogen) atoms. The smallest absolute Gasteiger partial charge is 0.226 e. The lowest BCUT2D eigenvalue weighted by atomic mass is 10.0. The van der Waals surface area contributed by atoms with E-state index in [1.165, 1.54) is 0 Å². The van der Waals surface area contributed by atoms with Crippen molar-refractivity contribution in [2.45, 2.75) is 19.4 Å². The lowest BCUT2D eigenvalue weighted by Crippen LogP contribution is -2.20. The molecule has 0 aliphatic heterocycles. The van der Waals surface area contributed by atoms with Gasteiger partial charge in [-0.15, -0.1) is 0 Å².